The molecule has 2 saturated heterocycles. The Kier molecular flexibility index (Phi) is 9.07. The summed E-state index contributed by atoms with van der Waals surface area (Å²) in [6.45, 7) is 10.2. The molecule has 2 fully saturated rings. The van der Waals surface area contributed by atoms with Gasteiger partial charge in [-0.3, -0.25) is 14.5 Å². The first-order valence-electron chi connectivity index (χ1n) is 13.3. The molecule has 2 aliphatic heterocycles. The zero-order chi connectivity index (χ0) is 27.2. The first-order valence-corrected chi connectivity index (χ1v) is 13.3. The van der Waals surface area contributed by atoms with Crippen molar-refractivity contribution < 1.29 is 28.9 Å². The average Bonchev–Trinajstić information content (AvgIpc) is 3.18. The van der Waals surface area contributed by atoms with E-state index in [9.17, 15) is 14.7 Å². The van der Waals surface area contributed by atoms with E-state index in [0.29, 0.717) is 55.5 Å². The van der Waals surface area contributed by atoms with E-state index in [1.165, 1.54) is 0 Å². The van der Waals surface area contributed by atoms with Gasteiger partial charge in [0.1, 0.15) is 5.76 Å². The van der Waals surface area contributed by atoms with E-state index in [-0.39, 0.29) is 11.3 Å². The molecule has 2 aromatic rings. The number of Topliss-reactive ketones (excluding diaryl/α,β-unsaturated/α-hetero) is 1. The molecule has 0 saturated carbocycles. The van der Waals surface area contributed by atoms with Crippen molar-refractivity contribution in [2.24, 2.45) is 0 Å². The maximum absolute atomic E-state index is 13.5. The summed E-state index contributed by atoms with van der Waals surface area (Å²) in [5.41, 5.74) is 3.09. The second-order valence-electron chi connectivity index (χ2n) is 9.88. The quantitative estimate of drug-likeness (QED) is 0.216. The molecule has 1 unspecified atom stereocenters. The first kappa shape index (κ1) is 27.7. The molecule has 0 aromatic heterocycles. The highest BCUT2D eigenvalue weighted by Crippen LogP contribution is 2.42. The number of rotatable bonds is 10. The van der Waals surface area contributed by atoms with Crippen LogP contribution in [0.15, 0.2) is 42.0 Å². The number of hydrogen-bond acceptors (Lipinski definition) is 7. The lowest BCUT2D eigenvalue weighted by atomic mass is 9.93. The van der Waals surface area contributed by atoms with Crippen molar-refractivity contribution >= 4 is 17.4 Å². The van der Waals surface area contributed by atoms with Gasteiger partial charge >= 0.3 is 0 Å². The number of aliphatic hydroxyl groups excluding tert-OH is 1. The van der Waals surface area contributed by atoms with Gasteiger partial charge in [-0.05, 0) is 49.6 Å². The molecule has 204 valence electrons. The number of carbonyl (C=O) groups is 2. The molecule has 1 atom stereocenters. The van der Waals surface area contributed by atoms with Crippen LogP contribution in [0.1, 0.15) is 48.1 Å². The zero-order valence-electron chi connectivity index (χ0n) is 22.8. The molecule has 1 N–H and O–H groups in total. The number of hydrogen-bond donors (Lipinski definition) is 1. The third-order valence-corrected chi connectivity index (χ3v) is 7.21. The normalized spacial score (nSPS) is 19.7. The van der Waals surface area contributed by atoms with Crippen molar-refractivity contribution in [3.8, 4) is 11.5 Å². The Labute approximate surface area is 224 Å². The van der Waals surface area contributed by atoms with E-state index < -0.39 is 17.7 Å². The van der Waals surface area contributed by atoms with Gasteiger partial charge in [-0.25, -0.2) is 0 Å². The number of aliphatic hydroxyl groups is 1. The molecule has 8 heteroatoms. The molecule has 0 bridgehead atoms. The van der Waals surface area contributed by atoms with Crippen LogP contribution in [0.25, 0.3) is 5.76 Å². The van der Waals surface area contributed by atoms with Crippen LogP contribution in [0, 0.1) is 13.8 Å². The van der Waals surface area contributed by atoms with Crippen molar-refractivity contribution in [2.45, 2.75) is 39.7 Å². The second-order valence-corrected chi connectivity index (χ2v) is 9.88. The van der Waals surface area contributed by atoms with Crippen molar-refractivity contribution in [1.29, 1.82) is 0 Å². The molecular weight excluding hydrogens is 484 g/mol. The Hall–Kier alpha value is -3.36. The fourth-order valence-corrected chi connectivity index (χ4v) is 4.97. The number of aryl methyl sites for hydroxylation is 2. The van der Waals surface area contributed by atoms with Crippen LogP contribution in [-0.4, -0.2) is 79.7 Å². The predicted molar refractivity (Wildman–Crippen MR) is 146 cm³/mol. The van der Waals surface area contributed by atoms with E-state index in [2.05, 4.69) is 11.8 Å². The minimum atomic E-state index is -0.755. The molecule has 8 nitrogen and oxygen atoms in total. The number of carbonyl (C=O) groups excluding carboxylic acids is 2. The topological polar surface area (TPSA) is 88.5 Å². The molecule has 1 amide bonds. The molecule has 0 radical (unpaired) electrons. The summed E-state index contributed by atoms with van der Waals surface area (Å²) in [6, 6.07) is 10.4. The number of ether oxygens (including phenoxy) is 3. The summed E-state index contributed by atoms with van der Waals surface area (Å²) in [7, 11) is 1.57. The summed E-state index contributed by atoms with van der Waals surface area (Å²) in [4.78, 5) is 30.6. The lowest BCUT2D eigenvalue weighted by molar-refractivity contribution is -0.140. The van der Waals surface area contributed by atoms with Crippen molar-refractivity contribution in [3.63, 3.8) is 0 Å². The largest absolute Gasteiger partial charge is 0.507 e. The molecular formula is C30H38N2O6. The SMILES string of the molecule is CCCCOc1ccc(C2/C(=C(\O)c3cc(C)ccc3C)C(=O)C(=O)N2CCN2CCOCC2)cc1OC. The minimum absolute atomic E-state index is 0.0902. The summed E-state index contributed by atoms with van der Waals surface area (Å²) in [5, 5.41) is 11.5. The van der Waals surface area contributed by atoms with Crippen LogP contribution in [0.2, 0.25) is 0 Å². The minimum Gasteiger partial charge on any atom is -0.507 e. The van der Waals surface area contributed by atoms with Crippen molar-refractivity contribution in [1.82, 2.24) is 9.80 Å². The van der Waals surface area contributed by atoms with Crippen LogP contribution in [0.4, 0.5) is 0 Å². The average molecular weight is 523 g/mol. The van der Waals surface area contributed by atoms with Gasteiger partial charge in [0.15, 0.2) is 11.5 Å². The Morgan fingerprint density at radius 3 is 2.53 bits per heavy atom. The fourth-order valence-electron chi connectivity index (χ4n) is 4.97. The molecule has 4 rings (SSSR count). The lowest BCUT2D eigenvalue weighted by Gasteiger charge is -2.31. The Bertz CT molecular complexity index is 1200. The number of likely N-dealkylation sites (tertiary alicyclic amines) is 1. The number of benzene rings is 2. The van der Waals surface area contributed by atoms with E-state index in [0.717, 1.165) is 37.1 Å². The monoisotopic (exact) mass is 522 g/mol. The summed E-state index contributed by atoms with van der Waals surface area (Å²) in [6.07, 6.45) is 1.93. The smallest absolute Gasteiger partial charge is 0.295 e. The van der Waals surface area contributed by atoms with Crippen LogP contribution in [-0.2, 0) is 14.3 Å². The van der Waals surface area contributed by atoms with Gasteiger partial charge < -0.3 is 24.2 Å². The molecule has 2 heterocycles. The van der Waals surface area contributed by atoms with Crippen molar-refractivity contribution in [3.05, 3.63) is 64.2 Å². The van der Waals surface area contributed by atoms with Gasteiger partial charge in [0.2, 0.25) is 0 Å². The molecule has 2 aliphatic rings. The number of unbranched alkanes of at least 4 members (excludes halogenated alkanes) is 1. The fraction of sp³-hybridized carbons (Fsp3) is 0.467. The van der Waals surface area contributed by atoms with Crippen LogP contribution < -0.4 is 9.47 Å². The zero-order valence-corrected chi connectivity index (χ0v) is 22.8. The highest BCUT2D eigenvalue weighted by atomic mass is 16.5. The number of nitrogens with zero attached hydrogens (tertiary/aromatic N) is 2. The number of amides is 1. The summed E-state index contributed by atoms with van der Waals surface area (Å²) < 4.78 is 17.0. The number of ketones is 1. The molecule has 38 heavy (non-hydrogen) atoms. The Balaban J connectivity index is 1.77. The van der Waals surface area contributed by atoms with Crippen LogP contribution >= 0.6 is 0 Å². The van der Waals surface area contributed by atoms with Crippen LogP contribution in [0.3, 0.4) is 0 Å². The number of morpholine rings is 1. The summed E-state index contributed by atoms with van der Waals surface area (Å²) in [5.74, 6) is -0.339. The Morgan fingerprint density at radius 1 is 1.05 bits per heavy atom. The third-order valence-electron chi connectivity index (χ3n) is 7.21. The van der Waals surface area contributed by atoms with Gasteiger partial charge in [-0.15, -0.1) is 0 Å². The Morgan fingerprint density at radius 2 is 1.82 bits per heavy atom. The predicted octanol–water partition coefficient (Wildman–Crippen LogP) is 4.24. The van der Waals surface area contributed by atoms with E-state index in [4.69, 9.17) is 14.2 Å². The molecule has 0 aliphatic carbocycles. The maximum Gasteiger partial charge on any atom is 0.295 e. The third kappa shape index (κ3) is 5.87. The number of methoxy groups -OCH3 is 1. The standard InChI is InChI=1S/C30H38N2O6/c1-5-6-15-38-24-10-9-22(19-25(24)36-4)27-26(28(33)23-18-20(2)7-8-21(23)3)29(34)30(35)32(27)12-11-31-13-16-37-17-14-31/h7-10,18-19,27,33H,5-6,11-17H2,1-4H3/b28-26+. The van der Waals surface area contributed by atoms with Gasteiger partial charge in [-0.1, -0.05) is 37.1 Å². The van der Waals surface area contributed by atoms with E-state index in [1.807, 2.05) is 44.2 Å². The highest BCUT2D eigenvalue weighted by molar-refractivity contribution is 6.46. The first-order chi connectivity index (χ1) is 18.3. The molecule has 0 spiro atoms. The van der Waals surface area contributed by atoms with E-state index >= 15 is 0 Å². The van der Waals surface area contributed by atoms with Gasteiger partial charge in [-0.2, -0.15) is 0 Å². The second kappa shape index (κ2) is 12.5. The van der Waals surface area contributed by atoms with Gasteiger partial charge in [0.25, 0.3) is 11.7 Å². The van der Waals surface area contributed by atoms with Crippen molar-refractivity contribution in [2.75, 3.05) is 53.1 Å². The van der Waals surface area contributed by atoms with E-state index in [1.54, 1.807) is 18.1 Å². The lowest BCUT2D eigenvalue weighted by Crippen LogP contribution is -2.42. The highest BCUT2D eigenvalue weighted by Gasteiger charge is 2.46. The van der Waals surface area contributed by atoms with Crippen LogP contribution in [0.5, 0.6) is 11.5 Å². The van der Waals surface area contributed by atoms with Gasteiger partial charge in [0.05, 0.1) is 38.5 Å². The van der Waals surface area contributed by atoms with Gasteiger partial charge in [0, 0.05) is 31.7 Å². The maximum atomic E-state index is 13.5. The molecule has 2 aromatic carbocycles. The summed E-state index contributed by atoms with van der Waals surface area (Å²) >= 11 is 0.